The molecule has 1 aliphatic rings. The molecular formula is C31H33FN8O2. The zero-order valence-electron chi connectivity index (χ0n) is 23.7. The maximum Gasteiger partial charge on any atom is 0.264 e. The van der Waals surface area contributed by atoms with E-state index in [1.807, 2.05) is 25.2 Å². The van der Waals surface area contributed by atoms with Gasteiger partial charge in [-0.15, -0.1) is 0 Å². The molecule has 11 heteroatoms. The summed E-state index contributed by atoms with van der Waals surface area (Å²) in [6, 6.07) is 15.6. The molecule has 3 heterocycles. The monoisotopic (exact) mass is 568 g/mol. The van der Waals surface area contributed by atoms with Crippen molar-refractivity contribution in [3.05, 3.63) is 72.3 Å². The summed E-state index contributed by atoms with van der Waals surface area (Å²) in [5, 5.41) is 14.9. The molecule has 216 valence electrons. The Bertz CT molecular complexity index is 1650. The van der Waals surface area contributed by atoms with Gasteiger partial charge >= 0.3 is 0 Å². The first kappa shape index (κ1) is 28.7. The quantitative estimate of drug-likeness (QED) is 0.214. The lowest BCUT2D eigenvalue weighted by Gasteiger charge is -2.24. The van der Waals surface area contributed by atoms with Crippen molar-refractivity contribution < 1.29 is 13.9 Å². The molecule has 1 amide bonds. The van der Waals surface area contributed by atoms with Gasteiger partial charge in [-0.05, 0) is 63.2 Å². The van der Waals surface area contributed by atoms with Crippen LogP contribution in [0.2, 0.25) is 0 Å². The number of likely N-dealkylation sites (tertiary alicyclic amines) is 1. The van der Waals surface area contributed by atoms with Gasteiger partial charge in [0.25, 0.3) is 5.91 Å². The van der Waals surface area contributed by atoms with E-state index in [2.05, 4.69) is 27.9 Å². The highest BCUT2D eigenvalue weighted by Crippen LogP contribution is 2.35. The molecule has 0 unspecified atom stereocenters. The molecule has 0 radical (unpaired) electrons. The zero-order chi connectivity index (χ0) is 29.6. The second kappa shape index (κ2) is 12.8. The number of rotatable bonds is 10. The number of benzene rings is 2. The van der Waals surface area contributed by atoms with E-state index in [1.54, 1.807) is 39.9 Å². The summed E-state index contributed by atoms with van der Waals surface area (Å²) < 4.78 is 22.9. The normalized spacial score (nSPS) is 15.4. The summed E-state index contributed by atoms with van der Waals surface area (Å²) in [5.74, 6) is 0.284. The van der Waals surface area contributed by atoms with Gasteiger partial charge in [0, 0.05) is 24.7 Å². The van der Waals surface area contributed by atoms with E-state index in [0.717, 1.165) is 25.8 Å². The first-order valence-corrected chi connectivity index (χ1v) is 14.0. The smallest absolute Gasteiger partial charge is 0.264 e. The Kier molecular flexibility index (Phi) is 8.74. The average molecular weight is 569 g/mol. The first-order chi connectivity index (χ1) is 20.4. The molecule has 4 aromatic rings. The number of hydrogen-bond donors (Lipinski definition) is 1. The fraction of sp³-hybridized carbons (Fsp3) is 0.323. The number of aromatic nitrogens is 4. The number of likely N-dealkylation sites (N-methyl/N-ethyl adjacent to an activating group) is 1. The van der Waals surface area contributed by atoms with E-state index in [4.69, 9.17) is 15.6 Å². The zero-order valence-corrected chi connectivity index (χ0v) is 23.7. The number of amides is 1. The van der Waals surface area contributed by atoms with Gasteiger partial charge in [0.05, 0.1) is 18.0 Å². The fourth-order valence-corrected chi connectivity index (χ4v) is 5.27. The molecule has 0 spiro atoms. The third-order valence-electron chi connectivity index (χ3n) is 7.32. The summed E-state index contributed by atoms with van der Waals surface area (Å²) >= 11 is 0. The Labute approximate surface area is 243 Å². The number of para-hydroxylation sites is 1. The van der Waals surface area contributed by atoms with Gasteiger partial charge in [0.15, 0.2) is 5.65 Å². The Hall–Kier alpha value is -4.82. The lowest BCUT2D eigenvalue weighted by Crippen LogP contribution is -2.39. The molecule has 1 aliphatic heterocycles. The van der Waals surface area contributed by atoms with Crippen molar-refractivity contribution in [1.82, 2.24) is 29.5 Å². The second-order valence-electron chi connectivity index (χ2n) is 10.3. The molecule has 2 aromatic carbocycles. The molecule has 1 fully saturated rings. The predicted molar refractivity (Wildman–Crippen MR) is 158 cm³/mol. The second-order valence-corrected chi connectivity index (χ2v) is 10.3. The minimum atomic E-state index is -0.534. The summed E-state index contributed by atoms with van der Waals surface area (Å²) in [4.78, 5) is 25.7. The van der Waals surface area contributed by atoms with E-state index in [9.17, 15) is 10.1 Å². The van der Waals surface area contributed by atoms with Crippen LogP contribution in [0.15, 0.2) is 66.5 Å². The number of fused-ring (bicyclic) bond motifs is 1. The van der Waals surface area contributed by atoms with Crippen LogP contribution >= 0.6 is 0 Å². The number of nitrogens with two attached hydrogens (primary N) is 1. The van der Waals surface area contributed by atoms with Crippen LogP contribution in [0.1, 0.15) is 26.2 Å². The number of nitrogen functional groups attached to an aromatic ring is 1. The summed E-state index contributed by atoms with van der Waals surface area (Å²) in [6.45, 7) is 4.32. The Morgan fingerprint density at radius 3 is 2.79 bits per heavy atom. The minimum Gasteiger partial charge on any atom is -0.457 e. The van der Waals surface area contributed by atoms with Crippen LogP contribution in [-0.2, 0) is 11.3 Å². The SMILES string of the molecule is CCCN(C)C/C=C(\C#N)C(=O)N1CCC[C@H]1Cn1nc(-c2ccc(Oc3ccccc3)cc2F)c2c(N)ncnc21. The number of halogens is 1. The van der Waals surface area contributed by atoms with Crippen molar-refractivity contribution >= 4 is 22.8 Å². The van der Waals surface area contributed by atoms with Crippen molar-refractivity contribution in [3.8, 4) is 28.8 Å². The van der Waals surface area contributed by atoms with E-state index >= 15 is 4.39 Å². The number of carbonyl (C=O) groups is 1. The number of hydrogen-bond acceptors (Lipinski definition) is 8. The lowest BCUT2D eigenvalue weighted by atomic mass is 10.1. The highest BCUT2D eigenvalue weighted by atomic mass is 19.1. The van der Waals surface area contributed by atoms with Gasteiger partial charge in [-0.1, -0.05) is 25.1 Å². The van der Waals surface area contributed by atoms with E-state index in [0.29, 0.717) is 47.9 Å². The van der Waals surface area contributed by atoms with Gasteiger partial charge in [-0.2, -0.15) is 10.4 Å². The largest absolute Gasteiger partial charge is 0.457 e. The van der Waals surface area contributed by atoms with Gasteiger partial charge in [-0.25, -0.2) is 19.0 Å². The number of anilines is 1. The van der Waals surface area contributed by atoms with Crippen molar-refractivity contribution in [2.75, 3.05) is 32.4 Å². The number of carbonyl (C=O) groups excluding carboxylic acids is 1. The molecule has 0 bridgehead atoms. The molecule has 0 aliphatic carbocycles. The lowest BCUT2D eigenvalue weighted by molar-refractivity contribution is -0.127. The van der Waals surface area contributed by atoms with Gasteiger partial charge in [0.2, 0.25) is 0 Å². The average Bonchev–Trinajstić information content (AvgIpc) is 3.60. The molecule has 1 atom stereocenters. The molecular weight excluding hydrogens is 535 g/mol. The Balaban J connectivity index is 1.42. The van der Waals surface area contributed by atoms with Gasteiger partial charge in [-0.3, -0.25) is 4.79 Å². The van der Waals surface area contributed by atoms with Gasteiger partial charge in [0.1, 0.15) is 46.8 Å². The third-order valence-corrected chi connectivity index (χ3v) is 7.32. The first-order valence-electron chi connectivity index (χ1n) is 14.0. The Morgan fingerprint density at radius 2 is 2.05 bits per heavy atom. The predicted octanol–water partition coefficient (Wildman–Crippen LogP) is 4.79. The Morgan fingerprint density at radius 1 is 1.24 bits per heavy atom. The molecule has 0 saturated carbocycles. The van der Waals surface area contributed by atoms with Crippen molar-refractivity contribution in [2.45, 2.75) is 38.8 Å². The van der Waals surface area contributed by atoms with Crippen molar-refractivity contribution in [1.29, 1.82) is 5.26 Å². The van der Waals surface area contributed by atoms with Crippen molar-refractivity contribution in [3.63, 3.8) is 0 Å². The standard InChI is InChI=1S/C31H33FN8O2/c1-3-14-38(2)16-13-21(18-33)31(41)39-15-7-8-22(39)19-40-30-27(29(34)35-20-36-30)28(37-40)25-12-11-24(17-26(25)32)42-23-9-5-4-6-10-23/h4-6,9-13,17,20,22H,3,7-8,14-16,19H2,1-2H3,(H2,34,35,36)/b21-13+/t22-/m0/s1. The minimum absolute atomic E-state index is 0.127. The van der Waals surface area contributed by atoms with E-state index in [1.165, 1.54) is 12.4 Å². The molecule has 10 nitrogen and oxygen atoms in total. The number of nitrogens with zero attached hydrogens (tertiary/aromatic N) is 7. The molecule has 42 heavy (non-hydrogen) atoms. The van der Waals surface area contributed by atoms with Crippen LogP contribution in [-0.4, -0.2) is 68.2 Å². The topological polar surface area (TPSA) is 126 Å². The highest BCUT2D eigenvalue weighted by Gasteiger charge is 2.32. The van der Waals surface area contributed by atoms with Crippen LogP contribution in [0.3, 0.4) is 0 Å². The summed E-state index contributed by atoms with van der Waals surface area (Å²) in [5.41, 5.74) is 7.35. The van der Waals surface area contributed by atoms with E-state index in [-0.39, 0.29) is 28.9 Å². The van der Waals surface area contributed by atoms with Crippen molar-refractivity contribution in [2.24, 2.45) is 0 Å². The maximum absolute atomic E-state index is 15.5. The third kappa shape index (κ3) is 6.09. The molecule has 2 N–H and O–H groups in total. The van der Waals surface area contributed by atoms with Crippen LogP contribution in [0.25, 0.3) is 22.3 Å². The fourth-order valence-electron chi connectivity index (χ4n) is 5.27. The van der Waals surface area contributed by atoms with Crippen LogP contribution in [0.4, 0.5) is 10.2 Å². The van der Waals surface area contributed by atoms with Crippen LogP contribution < -0.4 is 10.5 Å². The van der Waals surface area contributed by atoms with Crippen LogP contribution in [0, 0.1) is 17.1 Å². The van der Waals surface area contributed by atoms with Crippen LogP contribution in [0.5, 0.6) is 11.5 Å². The highest BCUT2D eigenvalue weighted by molar-refractivity contribution is 5.99. The van der Waals surface area contributed by atoms with Gasteiger partial charge < -0.3 is 20.3 Å². The molecule has 5 rings (SSSR count). The van der Waals surface area contributed by atoms with E-state index < -0.39 is 5.82 Å². The number of nitriles is 1. The number of ether oxygens (including phenoxy) is 1. The molecule has 1 saturated heterocycles. The summed E-state index contributed by atoms with van der Waals surface area (Å²) in [7, 11) is 1.96. The molecule has 2 aromatic heterocycles. The summed E-state index contributed by atoms with van der Waals surface area (Å²) in [6.07, 6.45) is 5.55. The maximum atomic E-state index is 15.5.